The normalized spacial score (nSPS) is 16.0. The Morgan fingerprint density at radius 1 is 1.35 bits per heavy atom. The first-order valence-corrected chi connectivity index (χ1v) is 6.45. The molecule has 108 valence electrons. The number of esters is 1. The summed E-state index contributed by atoms with van der Waals surface area (Å²) in [7, 11) is 1.35. The molecule has 1 aliphatic heterocycles. The van der Waals surface area contributed by atoms with E-state index >= 15 is 0 Å². The molecule has 1 amide bonds. The Balaban J connectivity index is 2.03. The van der Waals surface area contributed by atoms with Gasteiger partial charge in [0.05, 0.1) is 18.6 Å². The third kappa shape index (κ3) is 2.89. The molecule has 0 radical (unpaired) electrons. The van der Waals surface area contributed by atoms with E-state index in [0.717, 1.165) is 6.07 Å². The molecular formula is C14H17FN2O3. The predicted molar refractivity (Wildman–Crippen MR) is 71.5 cm³/mol. The lowest BCUT2D eigenvalue weighted by Gasteiger charge is -2.30. The minimum Gasteiger partial charge on any atom is -0.469 e. The molecular weight excluding hydrogens is 263 g/mol. The van der Waals surface area contributed by atoms with E-state index in [-0.39, 0.29) is 29.0 Å². The van der Waals surface area contributed by atoms with Crippen molar-refractivity contribution in [1.82, 2.24) is 4.90 Å². The van der Waals surface area contributed by atoms with Crippen molar-refractivity contribution in [3.8, 4) is 0 Å². The number of nitrogens with zero attached hydrogens (tertiary/aromatic N) is 1. The molecule has 6 heteroatoms. The first kappa shape index (κ1) is 14.3. The minimum absolute atomic E-state index is 0.00992. The molecule has 1 heterocycles. The number of ether oxygens (including phenoxy) is 1. The van der Waals surface area contributed by atoms with Crippen molar-refractivity contribution < 1.29 is 18.7 Å². The van der Waals surface area contributed by atoms with Crippen LogP contribution in [0.1, 0.15) is 23.2 Å². The van der Waals surface area contributed by atoms with Crippen LogP contribution in [0, 0.1) is 11.7 Å². The van der Waals surface area contributed by atoms with Crippen LogP contribution >= 0.6 is 0 Å². The fourth-order valence-corrected chi connectivity index (χ4v) is 2.36. The minimum atomic E-state index is -0.620. The molecule has 0 bridgehead atoms. The van der Waals surface area contributed by atoms with Gasteiger partial charge in [-0.15, -0.1) is 0 Å². The Morgan fingerprint density at radius 2 is 2.00 bits per heavy atom. The zero-order valence-corrected chi connectivity index (χ0v) is 11.3. The topological polar surface area (TPSA) is 72.6 Å². The lowest BCUT2D eigenvalue weighted by atomic mass is 9.96. The molecule has 1 aromatic rings. The Hall–Kier alpha value is -2.11. The zero-order valence-electron chi connectivity index (χ0n) is 11.3. The van der Waals surface area contributed by atoms with Crippen molar-refractivity contribution in [1.29, 1.82) is 0 Å². The Labute approximate surface area is 116 Å². The summed E-state index contributed by atoms with van der Waals surface area (Å²) in [5, 5.41) is 0. The summed E-state index contributed by atoms with van der Waals surface area (Å²) in [4.78, 5) is 25.2. The number of hydrogen-bond donors (Lipinski definition) is 1. The van der Waals surface area contributed by atoms with Crippen LogP contribution in [0.5, 0.6) is 0 Å². The maximum Gasteiger partial charge on any atom is 0.308 e. The van der Waals surface area contributed by atoms with Crippen LogP contribution in [-0.2, 0) is 9.53 Å². The van der Waals surface area contributed by atoms with Gasteiger partial charge in [-0.3, -0.25) is 9.59 Å². The number of halogens is 1. The molecule has 2 rings (SSSR count). The van der Waals surface area contributed by atoms with E-state index in [1.807, 2.05) is 0 Å². The number of hydrogen-bond acceptors (Lipinski definition) is 4. The zero-order chi connectivity index (χ0) is 14.7. The highest BCUT2D eigenvalue weighted by Crippen LogP contribution is 2.21. The van der Waals surface area contributed by atoms with Crippen LogP contribution in [0.15, 0.2) is 18.2 Å². The molecule has 0 atom stereocenters. The average Bonchev–Trinajstić information content (AvgIpc) is 2.46. The summed E-state index contributed by atoms with van der Waals surface area (Å²) in [6.45, 7) is 0.838. The molecule has 1 fully saturated rings. The van der Waals surface area contributed by atoms with Crippen LogP contribution in [0.3, 0.4) is 0 Å². The molecule has 0 aromatic heterocycles. The molecule has 5 nitrogen and oxygen atoms in total. The number of nitrogens with two attached hydrogens (primary N) is 1. The van der Waals surface area contributed by atoms with Crippen LogP contribution in [0.4, 0.5) is 10.1 Å². The van der Waals surface area contributed by atoms with E-state index in [9.17, 15) is 14.0 Å². The fourth-order valence-electron chi connectivity index (χ4n) is 2.36. The van der Waals surface area contributed by atoms with Gasteiger partial charge in [0.2, 0.25) is 0 Å². The summed E-state index contributed by atoms with van der Waals surface area (Å²) >= 11 is 0. The summed E-state index contributed by atoms with van der Waals surface area (Å²) < 4.78 is 18.4. The molecule has 0 aliphatic carbocycles. The number of likely N-dealkylation sites (tertiary alicyclic amines) is 1. The number of nitrogen functional groups attached to an aromatic ring is 1. The standard InChI is InChI=1S/C14H17FN2O3/c1-20-14(19)9-4-6-17(7-5-9)13(18)11-3-2-10(16)8-12(11)15/h2-3,8-9H,4-7,16H2,1H3. The first-order valence-electron chi connectivity index (χ1n) is 6.45. The maximum atomic E-state index is 13.7. The molecule has 1 aliphatic rings. The second kappa shape index (κ2) is 5.90. The summed E-state index contributed by atoms with van der Waals surface area (Å²) in [5.74, 6) is -1.42. The second-order valence-corrected chi connectivity index (χ2v) is 4.83. The number of methoxy groups -OCH3 is 1. The number of rotatable bonds is 2. The highest BCUT2D eigenvalue weighted by Gasteiger charge is 2.29. The highest BCUT2D eigenvalue weighted by molar-refractivity contribution is 5.95. The van der Waals surface area contributed by atoms with Crippen molar-refractivity contribution in [2.75, 3.05) is 25.9 Å². The van der Waals surface area contributed by atoms with Crippen LogP contribution in [-0.4, -0.2) is 37.0 Å². The monoisotopic (exact) mass is 280 g/mol. The van der Waals surface area contributed by atoms with Crippen molar-refractivity contribution in [3.05, 3.63) is 29.6 Å². The number of amides is 1. The van der Waals surface area contributed by atoms with Crippen molar-refractivity contribution in [2.45, 2.75) is 12.8 Å². The molecule has 2 N–H and O–H groups in total. The number of anilines is 1. The van der Waals surface area contributed by atoms with Gasteiger partial charge in [-0.1, -0.05) is 0 Å². The van der Waals surface area contributed by atoms with Gasteiger partial charge >= 0.3 is 5.97 Å². The van der Waals surface area contributed by atoms with E-state index in [1.54, 1.807) is 4.90 Å². The van der Waals surface area contributed by atoms with E-state index < -0.39 is 5.82 Å². The average molecular weight is 280 g/mol. The van der Waals surface area contributed by atoms with Gasteiger partial charge in [0.15, 0.2) is 0 Å². The van der Waals surface area contributed by atoms with Crippen LogP contribution in [0.25, 0.3) is 0 Å². The number of carbonyl (C=O) groups excluding carboxylic acids is 2. The fraction of sp³-hybridized carbons (Fsp3) is 0.429. The lowest BCUT2D eigenvalue weighted by molar-refractivity contribution is -0.146. The van der Waals surface area contributed by atoms with E-state index in [4.69, 9.17) is 5.73 Å². The Morgan fingerprint density at radius 3 is 2.55 bits per heavy atom. The SMILES string of the molecule is COC(=O)C1CCN(C(=O)c2ccc(N)cc2F)CC1. The quantitative estimate of drug-likeness (QED) is 0.657. The summed E-state index contributed by atoms with van der Waals surface area (Å²) in [6.07, 6.45) is 1.07. The predicted octanol–water partition coefficient (Wildman–Crippen LogP) is 1.43. The lowest BCUT2D eigenvalue weighted by Crippen LogP contribution is -2.40. The van der Waals surface area contributed by atoms with Crippen molar-refractivity contribution in [3.63, 3.8) is 0 Å². The third-order valence-corrected chi connectivity index (χ3v) is 3.54. The molecule has 0 unspecified atom stereocenters. The van der Waals surface area contributed by atoms with Gasteiger partial charge in [-0.05, 0) is 31.0 Å². The second-order valence-electron chi connectivity index (χ2n) is 4.83. The van der Waals surface area contributed by atoms with E-state index in [1.165, 1.54) is 19.2 Å². The molecule has 1 aromatic carbocycles. The largest absolute Gasteiger partial charge is 0.469 e. The van der Waals surface area contributed by atoms with Crippen molar-refractivity contribution >= 4 is 17.6 Å². The molecule has 20 heavy (non-hydrogen) atoms. The molecule has 1 saturated heterocycles. The van der Waals surface area contributed by atoms with E-state index in [2.05, 4.69) is 4.74 Å². The number of carbonyl (C=O) groups is 2. The van der Waals surface area contributed by atoms with Crippen LogP contribution in [0.2, 0.25) is 0 Å². The first-order chi connectivity index (χ1) is 9.52. The van der Waals surface area contributed by atoms with Gasteiger partial charge in [0, 0.05) is 18.8 Å². The Kier molecular flexibility index (Phi) is 4.22. The maximum absolute atomic E-state index is 13.7. The highest BCUT2D eigenvalue weighted by atomic mass is 19.1. The summed E-state index contributed by atoms with van der Waals surface area (Å²) in [5.41, 5.74) is 5.75. The number of benzene rings is 1. The van der Waals surface area contributed by atoms with Gasteiger partial charge in [0.1, 0.15) is 5.82 Å². The van der Waals surface area contributed by atoms with Gasteiger partial charge in [0.25, 0.3) is 5.91 Å². The van der Waals surface area contributed by atoms with Gasteiger partial charge in [-0.2, -0.15) is 0 Å². The van der Waals surface area contributed by atoms with Gasteiger partial charge < -0.3 is 15.4 Å². The summed E-state index contributed by atoms with van der Waals surface area (Å²) in [6, 6.07) is 4.02. The van der Waals surface area contributed by atoms with Crippen molar-refractivity contribution in [2.24, 2.45) is 5.92 Å². The third-order valence-electron chi connectivity index (χ3n) is 3.54. The Bertz CT molecular complexity index is 525. The van der Waals surface area contributed by atoms with E-state index in [0.29, 0.717) is 25.9 Å². The van der Waals surface area contributed by atoms with Crippen LogP contribution < -0.4 is 5.73 Å². The smallest absolute Gasteiger partial charge is 0.308 e. The molecule has 0 saturated carbocycles. The van der Waals surface area contributed by atoms with Gasteiger partial charge in [-0.25, -0.2) is 4.39 Å². The molecule has 0 spiro atoms. The number of piperidine rings is 1.